The zero-order valence-electron chi connectivity index (χ0n) is 12.0. The number of nitrogens with zero attached hydrogens (tertiary/aromatic N) is 2. The van der Waals surface area contributed by atoms with E-state index in [2.05, 4.69) is 9.98 Å². The lowest BCUT2D eigenvalue weighted by molar-refractivity contribution is 0.618. The highest BCUT2D eigenvalue weighted by molar-refractivity contribution is 7.98. The first-order valence-corrected chi connectivity index (χ1v) is 7.92. The molecule has 0 aliphatic rings. The van der Waals surface area contributed by atoms with E-state index in [0.29, 0.717) is 17.0 Å². The lowest BCUT2D eigenvalue weighted by Crippen LogP contribution is -2.26. The van der Waals surface area contributed by atoms with E-state index in [-0.39, 0.29) is 16.9 Å². The second-order valence-corrected chi connectivity index (χ2v) is 5.90. The first kappa shape index (κ1) is 17.1. The Morgan fingerprint density at radius 2 is 1.83 bits per heavy atom. The Hall–Kier alpha value is -2.25. The van der Waals surface area contributed by atoms with E-state index < -0.39 is 5.82 Å². The van der Waals surface area contributed by atoms with Gasteiger partial charge >= 0.3 is 0 Å². The average molecular weight is 352 g/mol. The number of guanidine groups is 2. The summed E-state index contributed by atoms with van der Waals surface area (Å²) in [5.41, 5.74) is 17.3. The van der Waals surface area contributed by atoms with Gasteiger partial charge in [0, 0.05) is 10.6 Å². The van der Waals surface area contributed by atoms with Gasteiger partial charge in [0.15, 0.2) is 5.96 Å². The van der Waals surface area contributed by atoms with Crippen molar-refractivity contribution in [1.29, 1.82) is 0 Å². The summed E-state index contributed by atoms with van der Waals surface area (Å²) in [6, 6.07) is 12.2. The molecule has 0 bridgehead atoms. The van der Waals surface area contributed by atoms with E-state index in [4.69, 9.17) is 28.8 Å². The number of nitrogens with two attached hydrogens (primary N) is 3. The Morgan fingerprint density at radius 1 is 1.09 bits per heavy atom. The van der Waals surface area contributed by atoms with E-state index in [1.54, 1.807) is 18.2 Å². The van der Waals surface area contributed by atoms with Crippen molar-refractivity contribution in [3.8, 4) is 0 Å². The lowest BCUT2D eigenvalue weighted by Gasteiger charge is -2.07. The van der Waals surface area contributed by atoms with Gasteiger partial charge in [0.1, 0.15) is 5.82 Å². The third-order valence-corrected chi connectivity index (χ3v) is 4.16. The maximum atomic E-state index is 13.9. The number of hydrogen-bond donors (Lipinski definition) is 3. The molecule has 0 aliphatic heterocycles. The number of hydrogen-bond acceptors (Lipinski definition) is 2. The maximum absolute atomic E-state index is 13.9. The Labute approximate surface area is 142 Å². The van der Waals surface area contributed by atoms with Crippen molar-refractivity contribution in [2.24, 2.45) is 27.2 Å². The van der Waals surface area contributed by atoms with Crippen LogP contribution in [0.4, 0.5) is 10.1 Å². The van der Waals surface area contributed by atoms with Crippen LogP contribution in [0.3, 0.4) is 0 Å². The van der Waals surface area contributed by atoms with Gasteiger partial charge in [-0.05, 0) is 23.8 Å². The molecule has 23 heavy (non-hydrogen) atoms. The fourth-order valence-electron chi connectivity index (χ4n) is 1.77. The van der Waals surface area contributed by atoms with Crippen LogP contribution < -0.4 is 17.2 Å². The average Bonchev–Trinajstić information content (AvgIpc) is 2.49. The predicted molar refractivity (Wildman–Crippen MR) is 94.5 cm³/mol. The summed E-state index contributed by atoms with van der Waals surface area (Å²) < 4.78 is 13.9. The van der Waals surface area contributed by atoms with Crippen molar-refractivity contribution in [3.05, 3.63) is 58.9 Å². The molecule has 0 spiro atoms. The first-order chi connectivity index (χ1) is 11.0. The van der Waals surface area contributed by atoms with Crippen molar-refractivity contribution in [3.63, 3.8) is 0 Å². The Balaban J connectivity index is 2.21. The van der Waals surface area contributed by atoms with Gasteiger partial charge in [-0.2, -0.15) is 4.99 Å². The number of aliphatic imine (C=N–C) groups is 2. The van der Waals surface area contributed by atoms with Crippen molar-refractivity contribution in [2.75, 3.05) is 0 Å². The largest absolute Gasteiger partial charge is 0.370 e. The molecule has 0 saturated heterocycles. The second kappa shape index (κ2) is 7.85. The summed E-state index contributed by atoms with van der Waals surface area (Å²) in [7, 11) is 0. The van der Waals surface area contributed by atoms with Crippen LogP contribution in [0.1, 0.15) is 5.56 Å². The zero-order chi connectivity index (χ0) is 16.8. The maximum Gasteiger partial charge on any atom is 0.223 e. The molecule has 0 heterocycles. The van der Waals surface area contributed by atoms with Gasteiger partial charge in [0.05, 0.1) is 10.7 Å². The van der Waals surface area contributed by atoms with Crippen LogP contribution in [0.15, 0.2) is 57.3 Å². The van der Waals surface area contributed by atoms with E-state index in [0.717, 1.165) is 4.90 Å². The van der Waals surface area contributed by atoms with Crippen LogP contribution in [0.2, 0.25) is 5.02 Å². The standard InChI is InChI=1S/C15H15ClFN5S/c16-10-5-3-4-9(13(10)17)8-23-12-7-2-1-6-11(12)21-15(20)22-14(18)19/h1-7H,8H2,(H6,18,19,20,21,22). The molecule has 2 rings (SSSR count). The van der Waals surface area contributed by atoms with E-state index in [9.17, 15) is 4.39 Å². The monoisotopic (exact) mass is 351 g/mol. The van der Waals surface area contributed by atoms with Crippen LogP contribution in [-0.2, 0) is 5.75 Å². The lowest BCUT2D eigenvalue weighted by atomic mass is 10.2. The van der Waals surface area contributed by atoms with Gasteiger partial charge < -0.3 is 17.2 Å². The van der Waals surface area contributed by atoms with E-state index >= 15 is 0 Å². The Morgan fingerprint density at radius 3 is 2.57 bits per heavy atom. The molecular formula is C15H15ClFN5S. The van der Waals surface area contributed by atoms with Crippen molar-refractivity contribution in [2.45, 2.75) is 10.6 Å². The van der Waals surface area contributed by atoms with Crippen LogP contribution in [0.5, 0.6) is 0 Å². The van der Waals surface area contributed by atoms with Crippen molar-refractivity contribution in [1.82, 2.24) is 0 Å². The minimum atomic E-state index is -0.414. The topological polar surface area (TPSA) is 103 Å². The molecule has 0 radical (unpaired) electrons. The SMILES string of the molecule is NC(N)=NC(N)=Nc1ccccc1SCc1cccc(Cl)c1F. The fourth-order valence-corrected chi connectivity index (χ4v) is 2.93. The smallest absolute Gasteiger partial charge is 0.223 e. The Kier molecular flexibility index (Phi) is 5.84. The molecule has 8 heteroatoms. The number of benzene rings is 2. The zero-order valence-corrected chi connectivity index (χ0v) is 13.6. The molecule has 2 aromatic carbocycles. The summed E-state index contributed by atoms with van der Waals surface area (Å²) in [6.07, 6.45) is 0. The van der Waals surface area contributed by atoms with Crippen LogP contribution in [0, 0.1) is 5.82 Å². The second-order valence-electron chi connectivity index (χ2n) is 4.48. The van der Waals surface area contributed by atoms with E-state index in [1.165, 1.54) is 17.8 Å². The number of para-hydroxylation sites is 1. The summed E-state index contributed by atoms with van der Waals surface area (Å²) >= 11 is 7.19. The van der Waals surface area contributed by atoms with Gasteiger partial charge in [-0.3, -0.25) is 0 Å². The predicted octanol–water partition coefficient (Wildman–Crippen LogP) is 2.99. The molecule has 0 fully saturated rings. The quantitative estimate of drug-likeness (QED) is 0.447. The minimum absolute atomic E-state index is 0.0491. The van der Waals surface area contributed by atoms with Crippen molar-refractivity contribution < 1.29 is 4.39 Å². The molecule has 0 saturated carbocycles. The van der Waals surface area contributed by atoms with E-state index in [1.807, 2.05) is 18.2 Å². The summed E-state index contributed by atoms with van der Waals surface area (Å²) in [6.45, 7) is 0. The van der Waals surface area contributed by atoms with Crippen LogP contribution in [0.25, 0.3) is 0 Å². The summed E-state index contributed by atoms with van der Waals surface area (Å²) in [4.78, 5) is 8.65. The molecule has 0 aromatic heterocycles. The van der Waals surface area contributed by atoms with Gasteiger partial charge in [-0.1, -0.05) is 35.9 Å². The van der Waals surface area contributed by atoms with Gasteiger partial charge in [-0.25, -0.2) is 9.38 Å². The first-order valence-electron chi connectivity index (χ1n) is 6.56. The number of thioether (sulfide) groups is 1. The summed E-state index contributed by atoms with van der Waals surface area (Å²) in [5.74, 6) is -0.228. The minimum Gasteiger partial charge on any atom is -0.370 e. The molecule has 120 valence electrons. The summed E-state index contributed by atoms with van der Waals surface area (Å²) in [5, 5.41) is 0.103. The normalized spacial score (nSPS) is 11.3. The van der Waals surface area contributed by atoms with Crippen LogP contribution >= 0.6 is 23.4 Å². The molecule has 6 N–H and O–H groups in total. The molecule has 2 aromatic rings. The third kappa shape index (κ3) is 4.87. The fraction of sp³-hybridized carbons (Fsp3) is 0.0667. The Bertz CT molecular complexity index is 759. The third-order valence-electron chi connectivity index (χ3n) is 2.76. The molecule has 5 nitrogen and oxygen atoms in total. The highest BCUT2D eigenvalue weighted by atomic mass is 35.5. The number of halogens is 2. The highest BCUT2D eigenvalue weighted by Gasteiger charge is 2.08. The molecule has 0 atom stereocenters. The molecule has 0 amide bonds. The van der Waals surface area contributed by atoms with Crippen LogP contribution in [-0.4, -0.2) is 11.9 Å². The van der Waals surface area contributed by atoms with Gasteiger partial charge in [0.25, 0.3) is 0 Å². The van der Waals surface area contributed by atoms with Crippen molar-refractivity contribution >= 4 is 41.0 Å². The molecule has 0 aliphatic carbocycles. The van der Waals surface area contributed by atoms with Gasteiger partial charge in [-0.15, -0.1) is 11.8 Å². The molecule has 0 unspecified atom stereocenters. The van der Waals surface area contributed by atoms with Gasteiger partial charge in [0.2, 0.25) is 5.96 Å². The molecular weight excluding hydrogens is 337 g/mol. The highest BCUT2D eigenvalue weighted by Crippen LogP contribution is 2.33. The number of rotatable bonds is 4.